The van der Waals surface area contributed by atoms with Gasteiger partial charge in [-0.3, -0.25) is 40.2 Å². The van der Waals surface area contributed by atoms with Crippen molar-refractivity contribution in [2.45, 2.75) is 12.5 Å². The van der Waals surface area contributed by atoms with Gasteiger partial charge in [-0.15, -0.1) is 0 Å². The number of amides is 3. The Kier molecular flexibility index (Phi) is 8.41. The Bertz CT molecular complexity index is 1340. The summed E-state index contributed by atoms with van der Waals surface area (Å²) < 4.78 is 0. The minimum Gasteiger partial charge on any atom is -0.480 e. The molecule has 3 rings (SSSR count). The number of carboxylic acids is 1. The Labute approximate surface area is 222 Å². The molecule has 0 unspecified atom stereocenters. The molecule has 204 valence electrons. The summed E-state index contributed by atoms with van der Waals surface area (Å²) in [5.41, 5.74) is 12.4. The zero-order valence-corrected chi connectivity index (χ0v) is 21.0. The number of hydrazine groups is 1. The van der Waals surface area contributed by atoms with Crippen LogP contribution in [0.25, 0.3) is 0 Å². The summed E-state index contributed by atoms with van der Waals surface area (Å²) in [7, 11) is 0. The average molecular weight is 537 g/mol. The van der Waals surface area contributed by atoms with Gasteiger partial charge in [0.05, 0.1) is 6.54 Å². The summed E-state index contributed by atoms with van der Waals surface area (Å²) in [6, 6.07) is 11.5. The molecule has 2 aromatic rings. The molecule has 0 radical (unpaired) electrons. The fourth-order valence-corrected chi connectivity index (χ4v) is 4.09. The number of nitrogens with zero attached hydrogens (tertiary/aromatic N) is 2. The lowest BCUT2D eigenvalue weighted by molar-refractivity contribution is -0.164. The van der Waals surface area contributed by atoms with Crippen LogP contribution in [0, 0.1) is 10.8 Å². The third kappa shape index (κ3) is 6.07. The number of piperazine rings is 1. The number of rotatable bonds is 10. The molecular weight excluding hydrogens is 508 g/mol. The molecule has 0 spiro atoms. The van der Waals surface area contributed by atoms with E-state index in [2.05, 4.69) is 10.7 Å². The van der Waals surface area contributed by atoms with E-state index in [9.17, 15) is 29.1 Å². The van der Waals surface area contributed by atoms with Crippen LogP contribution in [-0.4, -0.2) is 87.9 Å². The van der Waals surface area contributed by atoms with Crippen molar-refractivity contribution in [2.24, 2.45) is 11.5 Å². The Hall–Kier alpha value is -5.11. The van der Waals surface area contributed by atoms with Gasteiger partial charge in [0.15, 0.2) is 11.3 Å². The number of nitrogen functional groups attached to an aromatic ring is 2. The smallest absolute Gasteiger partial charge is 0.323 e. The number of hydrogen-bond donors (Lipinski definition) is 7. The van der Waals surface area contributed by atoms with Crippen molar-refractivity contribution in [3.8, 4) is 0 Å². The number of carbonyl (C=O) groups is 5. The van der Waals surface area contributed by atoms with Crippen LogP contribution in [0.5, 0.6) is 0 Å². The van der Waals surface area contributed by atoms with Crippen molar-refractivity contribution < 1.29 is 29.1 Å². The standard InChI is InChI=1S/C25H28N8O6/c1-14(34)25(13-30-22(37)17-6-2-15(3-7-17)20(26)27)24(39)32(12-19(35)36)10-11-33(25)31-23(38)18-8-4-16(5-9-18)21(28)29/h2-9H,10-13H2,1H3,(H3,26,27)(H3,28,29)(H,30,37)(H,31,38)(H,35,36)/t25-/m0/s1. The quantitative estimate of drug-likeness (QED) is 0.110. The van der Waals surface area contributed by atoms with Gasteiger partial charge in [0, 0.05) is 35.3 Å². The number of nitrogens with two attached hydrogens (primary N) is 2. The summed E-state index contributed by atoms with van der Waals surface area (Å²) in [6.07, 6.45) is 0. The number of amidine groups is 2. The number of nitrogens with one attached hydrogen (secondary N) is 4. The summed E-state index contributed by atoms with van der Waals surface area (Å²) in [5.74, 6) is -4.64. The first-order chi connectivity index (χ1) is 18.4. The third-order valence-electron chi connectivity index (χ3n) is 6.26. The van der Waals surface area contributed by atoms with Crippen LogP contribution in [0.15, 0.2) is 48.5 Å². The Balaban J connectivity index is 1.91. The minimum absolute atomic E-state index is 0.107. The van der Waals surface area contributed by atoms with E-state index in [1.807, 2.05) is 0 Å². The second-order valence-corrected chi connectivity index (χ2v) is 8.79. The van der Waals surface area contributed by atoms with Crippen molar-refractivity contribution in [3.05, 3.63) is 70.8 Å². The monoisotopic (exact) mass is 536 g/mol. The number of carbonyl (C=O) groups excluding carboxylic acids is 4. The highest BCUT2D eigenvalue weighted by atomic mass is 16.4. The number of Topliss-reactive ketones (excluding diaryl/α,β-unsaturated/α-hetero) is 1. The fourth-order valence-electron chi connectivity index (χ4n) is 4.09. The number of hydrogen-bond acceptors (Lipinski definition) is 8. The van der Waals surface area contributed by atoms with Gasteiger partial charge in [0.2, 0.25) is 0 Å². The van der Waals surface area contributed by atoms with Crippen LogP contribution in [-0.2, 0) is 14.4 Å². The third-order valence-corrected chi connectivity index (χ3v) is 6.26. The predicted octanol–water partition coefficient (Wildman–Crippen LogP) is -1.11. The van der Waals surface area contributed by atoms with Crippen LogP contribution in [0.1, 0.15) is 38.8 Å². The van der Waals surface area contributed by atoms with Crippen molar-refractivity contribution in [1.82, 2.24) is 20.7 Å². The molecule has 0 aliphatic carbocycles. The lowest BCUT2D eigenvalue weighted by Crippen LogP contribution is -2.76. The predicted molar refractivity (Wildman–Crippen MR) is 139 cm³/mol. The Morgan fingerprint density at radius 1 is 0.872 bits per heavy atom. The van der Waals surface area contributed by atoms with E-state index in [0.29, 0.717) is 11.1 Å². The lowest BCUT2D eigenvalue weighted by Gasteiger charge is -2.47. The number of carboxylic acid groups (broad SMARTS) is 1. The molecule has 1 atom stereocenters. The van der Waals surface area contributed by atoms with E-state index in [1.165, 1.54) is 48.5 Å². The highest BCUT2D eigenvalue weighted by Gasteiger charge is 2.54. The molecule has 0 aromatic heterocycles. The maximum atomic E-state index is 13.6. The molecule has 3 amide bonds. The number of aliphatic carboxylic acids is 1. The molecule has 0 bridgehead atoms. The van der Waals surface area contributed by atoms with Gasteiger partial charge in [0.25, 0.3) is 17.7 Å². The summed E-state index contributed by atoms with van der Waals surface area (Å²) in [4.78, 5) is 64.9. The van der Waals surface area contributed by atoms with Gasteiger partial charge < -0.3 is 26.8 Å². The Morgan fingerprint density at radius 3 is 1.77 bits per heavy atom. The first-order valence-electron chi connectivity index (χ1n) is 11.6. The van der Waals surface area contributed by atoms with E-state index in [-0.39, 0.29) is 35.9 Å². The van der Waals surface area contributed by atoms with Gasteiger partial charge in [-0.05, 0) is 31.2 Å². The molecule has 1 saturated heterocycles. The van der Waals surface area contributed by atoms with Crippen molar-refractivity contribution in [2.75, 3.05) is 26.2 Å². The largest absolute Gasteiger partial charge is 0.480 e. The molecular formula is C25H28N8O6. The zero-order chi connectivity index (χ0) is 28.9. The normalized spacial score (nSPS) is 17.3. The van der Waals surface area contributed by atoms with Gasteiger partial charge in [-0.1, -0.05) is 24.3 Å². The first kappa shape index (κ1) is 28.5. The summed E-state index contributed by atoms with van der Waals surface area (Å²) >= 11 is 0. The topological polar surface area (TPSA) is 236 Å². The SMILES string of the molecule is CC(=O)[C@@]1(CNC(=O)c2ccc(C(=N)N)cc2)C(=O)N(CC(=O)O)CCN1NC(=O)c1ccc(C(=N)N)cc1. The van der Waals surface area contributed by atoms with Crippen LogP contribution in [0.2, 0.25) is 0 Å². The van der Waals surface area contributed by atoms with E-state index in [1.54, 1.807) is 0 Å². The maximum Gasteiger partial charge on any atom is 0.323 e. The highest BCUT2D eigenvalue weighted by molar-refractivity contribution is 6.12. The van der Waals surface area contributed by atoms with Crippen molar-refractivity contribution >= 4 is 41.1 Å². The second kappa shape index (κ2) is 11.5. The molecule has 2 aromatic carbocycles. The molecule has 1 aliphatic heterocycles. The van der Waals surface area contributed by atoms with Gasteiger partial charge in [0.1, 0.15) is 18.2 Å². The summed E-state index contributed by atoms with van der Waals surface area (Å²) in [5, 5.41) is 27.8. The summed E-state index contributed by atoms with van der Waals surface area (Å²) in [6.45, 7) is -0.364. The molecule has 14 nitrogen and oxygen atoms in total. The molecule has 14 heteroatoms. The van der Waals surface area contributed by atoms with Crippen molar-refractivity contribution in [3.63, 3.8) is 0 Å². The van der Waals surface area contributed by atoms with Gasteiger partial charge >= 0.3 is 5.97 Å². The molecule has 1 aliphatic rings. The van der Waals surface area contributed by atoms with Crippen LogP contribution in [0.4, 0.5) is 0 Å². The van der Waals surface area contributed by atoms with E-state index in [4.69, 9.17) is 22.3 Å². The number of ketones is 1. The minimum atomic E-state index is -2.14. The van der Waals surface area contributed by atoms with Crippen LogP contribution < -0.4 is 22.2 Å². The van der Waals surface area contributed by atoms with E-state index < -0.39 is 48.1 Å². The molecule has 39 heavy (non-hydrogen) atoms. The van der Waals surface area contributed by atoms with Crippen LogP contribution in [0.3, 0.4) is 0 Å². The zero-order valence-electron chi connectivity index (χ0n) is 21.0. The van der Waals surface area contributed by atoms with E-state index >= 15 is 0 Å². The number of benzene rings is 2. The van der Waals surface area contributed by atoms with Crippen LogP contribution >= 0.6 is 0 Å². The maximum absolute atomic E-state index is 13.6. The lowest BCUT2D eigenvalue weighted by atomic mass is 9.89. The van der Waals surface area contributed by atoms with Gasteiger partial charge in [-0.2, -0.15) is 5.01 Å². The fraction of sp³-hybridized carbons (Fsp3) is 0.240. The molecule has 0 saturated carbocycles. The first-order valence-corrected chi connectivity index (χ1v) is 11.6. The van der Waals surface area contributed by atoms with Crippen molar-refractivity contribution in [1.29, 1.82) is 10.8 Å². The second-order valence-electron chi connectivity index (χ2n) is 8.79. The highest BCUT2D eigenvalue weighted by Crippen LogP contribution is 2.24. The molecule has 1 fully saturated rings. The Morgan fingerprint density at radius 2 is 1.33 bits per heavy atom. The van der Waals surface area contributed by atoms with Gasteiger partial charge in [-0.25, -0.2) is 0 Å². The molecule has 1 heterocycles. The molecule has 9 N–H and O–H groups in total. The van der Waals surface area contributed by atoms with E-state index in [0.717, 1.165) is 16.8 Å². The average Bonchev–Trinajstić information content (AvgIpc) is 2.89.